The lowest BCUT2D eigenvalue weighted by atomic mass is 10.1. The quantitative estimate of drug-likeness (QED) is 0.767. The van der Waals surface area contributed by atoms with Gasteiger partial charge in [-0.05, 0) is 37.2 Å². The first-order valence-corrected chi connectivity index (χ1v) is 10.6. The van der Waals surface area contributed by atoms with Gasteiger partial charge in [-0.2, -0.15) is 0 Å². The highest BCUT2D eigenvalue weighted by Gasteiger charge is 2.31. The summed E-state index contributed by atoms with van der Waals surface area (Å²) in [5.41, 5.74) is 2.06. The van der Waals surface area contributed by atoms with E-state index in [0.717, 1.165) is 84.0 Å². The summed E-state index contributed by atoms with van der Waals surface area (Å²) in [5.74, 6) is 0.190. The fourth-order valence-corrected chi connectivity index (χ4v) is 4.59. The molecular formula is C21H35Cl2N5O. The fraction of sp³-hybridized carbons (Fsp3) is 0.667. The van der Waals surface area contributed by atoms with Crippen molar-refractivity contribution in [1.29, 1.82) is 0 Å². The van der Waals surface area contributed by atoms with Gasteiger partial charge in [0.2, 0.25) is 0 Å². The average molecular weight is 444 g/mol. The first kappa shape index (κ1) is 24.2. The Hall–Kier alpha value is -1.05. The maximum atomic E-state index is 12.9. The van der Waals surface area contributed by atoms with Crippen molar-refractivity contribution in [1.82, 2.24) is 20.0 Å². The molecule has 1 aromatic carbocycles. The second-order valence-electron chi connectivity index (χ2n) is 7.95. The van der Waals surface area contributed by atoms with Crippen LogP contribution >= 0.6 is 24.8 Å². The second-order valence-corrected chi connectivity index (χ2v) is 7.95. The van der Waals surface area contributed by atoms with Crippen molar-refractivity contribution in [3.63, 3.8) is 0 Å². The van der Waals surface area contributed by atoms with E-state index in [0.29, 0.717) is 6.04 Å². The van der Waals surface area contributed by atoms with Crippen molar-refractivity contribution in [2.45, 2.75) is 19.4 Å². The second kappa shape index (κ2) is 11.4. The molecule has 0 radical (unpaired) electrons. The third kappa shape index (κ3) is 5.76. The van der Waals surface area contributed by atoms with E-state index < -0.39 is 0 Å². The van der Waals surface area contributed by atoms with E-state index in [1.807, 2.05) is 17.0 Å². The molecule has 1 amide bonds. The van der Waals surface area contributed by atoms with Gasteiger partial charge in [-0.1, -0.05) is 6.92 Å². The summed E-state index contributed by atoms with van der Waals surface area (Å²) in [6.45, 7) is 13.8. The van der Waals surface area contributed by atoms with Crippen LogP contribution in [0.3, 0.4) is 0 Å². The van der Waals surface area contributed by atoms with Gasteiger partial charge in [0, 0.05) is 82.7 Å². The van der Waals surface area contributed by atoms with Crippen molar-refractivity contribution < 1.29 is 4.79 Å². The number of piperazine rings is 2. The van der Waals surface area contributed by atoms with Crippen LogP contribution in [0, 0.1) is 0 Å². The highest BCUT2D eigenvalue weighted by Crippen LogP contribution is 2.21. The van der Waals surface area contributed by atoms with Gasteiger partial charge >= 0.3 is 0 Å². The Labute approximate surface area is 187 Å². The van der Waals surface area contributed by atoms with Crippen molar-refractivity contribution in [2.75, 3.05) is 76.9 Å². The molecular weight excluding hydrogens is 409 g/mol. The number of benzene rings is 1. The van der Waals surface area contributed by atoms with E-state index >= 15 is 0 Å². The summed E-state index contributed by atoms with van der Waals surface area (Å²) in [7, 11) is 0. The van der Waals surface area contributed by atoms with E-state index in [2.05, 4.69) is 39.1 Å². The minimum Gasteiger partial charge on any atom is -0.369 e. The SMILES string of the molecule is CCN1CCN(c2ccc(C(=O)N3CCC(N4CCNCC4)C3)cc2)CC1.Cl.Cl. The van der Waals surface area contributed by atoms with Crippen LogP contribution in [0.4, 0.5) is 5.69 Å². The Kier molecular flexibility index (Phi) is 9.50. The summed E-state index contributed by atoms with van der Waals surface area (Å²) in [6, 6.07) is 8.81. The lowest BCUT2D eigenvalue weighted by Gasteiger charge is -2.35. The summed E-state index contributed by atoms with van der Waals surface area (Å²) < 4.78 is 0. The van der Waals surface area contributed by atoms with Crippen LogP contribution < -0.4 is 10.2 Å². The monoisotopic (exact) mass is 443 g/mol. The van der Waals surface area contributed by atoms with Crippen molar-refractivity contribution in [3.8, 4) is 0 Å². The first-order valence-electron chi connectivity index (χ1n) is 10.6. The number of rotatable bonds is 4. The molecule has 1 unspecified atom stereocenters. The molecule has 6 nitrogen and oxygen atoms in total. The Balaban J connectivity index is 0.00000150. The Morgan fingerprint density at radius 1 is 0.966 bits per heavy atom. The zero-order valence-electron chi connectivity index (χ0n) is 17.4. The Bertz CT molecular complexity index is 630. The normalized spacial score (nSPS) is 23.4. The fourth-order valence-electron chi connectivity index (χ4n) is 4.59. The first-order chi connectivity index (χ1) is 13.2. The number of halogens is 2. The molecule has 0 aromatic heterocycles. The minimum atomic E-state index is 0. The lowest BCUT2D eigenvalue weighted by molar-refractivity contribution is 0.0773. The molecule has 3 fully saturated rings. The third-order valence-electron chi connectivity index (χ3n) is 6.42. The number of hydrogen-bond donors (Lipinski definition) is 1. The van der Waals surface area contributed by atoms with Gasteiger partial charge in [-0.15, -0.1) is 24.8 Å². The minimum absolute atomic E-state index is 0. The van der Waals surface area contributed by atoms with Crippen LogP contribution in [0.2, 0.25) is 0 Å². The molecule has 3 saturated heterocycles. The molecule has 3 heterocycles. The average Bonchev–Trinajstić information content (AvgIpc) is 3.24. The van der Waals surface area contributed by atoms with Crippen molar-refractivity contribution in [2.24, 2.45) is 0 Å². The molecule has 3 aliphatic heterocycles. The van der Waals surface area contributed by atoms with E-state index in [1.54, 1.807) is 0 Å². The van der Waals surface area contributed by atoms with E-state index in [9.17, 15) is 4.79 Å². The van der Waals surface area contributed by atoms with Crippen LogP contribution in [0.25, 0.3) is 0 Å². The van der Waals surface area contributed by atoms with Gasteiger partial charge in [0.1, 0.15) is 0 Å². The molecule has 3 aliphatic rings. The van der Waals surface area contributed by atoms with Gasteiger partial charge in [-0.25, -0.2) is 0 Å². The summed E-state index contributed by atoms with van der Waals surface area (Å²) in [6.07, 6.45) is 1.10. The zero-order chi connectivity index (χ0) is 18.6. The molecule has 1 atom stereocenters. The van der Waals surface area contributed by atoms with E-state index in [1.165, 1.54) is 5.69 Å². The third-order valence-corrected chi connectivity index (χ3v) is 6.42. The smallest absolute Gasteiger partial charge is 0.253 e. The molecule has 29 heavy (non-hydrogen) atoms. The van der Waals surface area contributed by atoms with Gasteiger partial charge in [0.05, 0.1) is 0 Å². The standard InChI is InChI=1S/C21H33N5O.2ClH/c1-2-23-13-15-25(16-14-23)19-5-3-18(4-6-19)21(27)26-10-7-20(17-26)24-11-8-22-9-12-24;;/h3-6,20,22H,2,7-17H2,1H3;2*1H. The van der Waals surface area contributed by atoms with E-state index in [-0.39, 0.29) is 30.7 Å². The van der Waals surface area contributed by atoms with Crippen LogP contribution in [-0.4, -0.2) is 98.6 Å². The Morgan fingerprint density at radius 2 is 1.62 bits per heavy atom. The number of nitrogens with one attached hydrogen (secondary N) is 1. The maximum Gasteiger partial charge on any atom is 0.253 e. The largest absolute Gasteiger partial charge is 0.369 e. The van der Waals surface area contributed by atoms with E-state index in [4.69, 9.17) is 0 Å². The topological polar surface area (TPSA) is 42.1 Å². The van der Waals surface area contributed by atoms with Crippen LogP contribution in [0.5, 0.6) is 0 Å². The number of amides is 1. The van der Waals surface area contributed by atoms with Crippen LogP contribution in [0.15, 0.2) is 24.3 Å². The Morgan fingerprint density at radius 3 is 2.24 bits per heavy atom. The van der Waals surface area contributed by atoms with Crippen molar-refractivity contribution in [3.05, 3.63) is 29.8 Å². The molecule has 4 rings (SSSR count). The number of carbonyl (C=O) groups excluding carboxylic acids is 1. The lowest BCUT2D eigenvalue weighted by Crippen LogP contribution is -2.49. The number of likely N-dealkylation sites (tertiary alicyclic amines) is 1. The number of nitrogens with zero attached hydrogens (tertiary/aromatic N) is 4. The molecule has 1 N–H and O–H groups in total. The molecule has 1 aromatic rings. The molecule has 8 heteroatoms. The number of hydrogen-bond acceptors (Lipinski definition) is 5. The maximum absolute atomic E-state index is 12.9. The molecule has 0 aliphatic carbocycles. The van der Waals surface area contributed by atoms with Gasteiger partial charge in [0.25, 0.3) is 5.91 Å². The molecule has 0 bridgehead atoms. The molecule has 164 valence electrons. The summed E-state index contributed by atoms with van der Waals surface area (Å²) >= 11 is 0. The van der Waals surface area contributed by atoms with Crippen LogP contribution in [-0.2, 0) is 0 Å². The number of carbonyl (C=O) groups is 1. The highest BCUT2D eigenvalue weighted by atomic mass is 35.5. The summed E-state index contributed by atoms with van der Waals surface area (Å²) in [4.78, 5) is 22.4. The predicted octanol–water partition coefficient (Wildman–Crippen LogP) is 1.79. The zero-order valence-corrected chi connectivity index (χ0v) is 19.0. The van der Waals surface area contributed by atoms with Gasteiger partial charge in [-0.3, -0.25) is 9.69 Å². The van der Waals surface area contributed by atoms with Gasteiger partial charge < -0.3 is 20.0 Å². The molecule has 0 spiro atoms. The molecule has 0 saturated carbocycles. The predicted molar refractivity (Wildman–Crippen MR) is 124 cm³/mol. The van der Waals surface area contributed by atoms with Crippen LogP contribution in [0.1, 0.15) is 23.7 Å². The highest BCUT2D eigenvalue weighted by molar-refractivity contribution is 5.94. The van der Waals surface area contributed by atoms with Crippen molar-refractivity contribution >= 4 is 36.4 Å². The number of likely N-dealkylation sites (N-methyl/N-ethyl adjacent to an activating group) is 1. The summed E-state index contributed by atoms with van der Waals surface area (Å²) in [5, 5.41) is 3.41. The van der Waals surface area contributed by atoms with Gasteiger partial charge in [0.15, 0.2) is 0 Å². The number of anilines is 1.